The predicted octanol–water partition coefficient (Wildman–Crippen LogP) is 0.381. The van der Waals surface area contributed by atoms with Gasteiger partial charge in [-0.2, -0.15) is 0 Å². The summed E-state index contributed by atoms with van der Waals surface area (Å²) in [5, 5.41) is 1.24. The quantitative estimate of drug-likeness (QED) is 0.613. The van der Waals surface area contributed by atoms with Crippen molar-refractivity contribution in [3.05, 3.63) is 0 Å². The molecule has 0 heterocycles. The van der Waals surface area contributed by atoms with Gasteiger partial charge in [0.05, 0.1) is 7.11 Å². The van der Waals surface area contributed by atoms with Crippen LogP contribution in [0.5, 0.6) is 0 Å². The molecule has 0 aromatic rings. The second-order valence-corrected chi connectivity index (χ2v) is 2.95. The Labute approximate surface area is 73.6 Å². The van der Waals surface area contributed by atoms with E-state index in [-0.39, 0.29) is 5.91 Å². The van der Waals surface area contributed by atoms with Gasteiger partial charge in [-0.15, -0.1) is 0 Å². The minimum absolute atomic E-state index is 0.00204. The van der Waals surface area contributed by atoms with E-state index in [1.54, 1.807) is 7.05 Å². The van der Waals surface area contributed by atoms with Crippen molar-refractivity contribution in [1.29, 1.82) is 0 Å². The van der Waals surface area contributed by atoms with Crippen LogP contribution in [-0.4, -0.2) is 31.7 Å². The van der Waals surface area contributed by atoms with Crippen LogP contribution in [0.25, 0.3) is 0 Å². The summed E-state index contributed by atoms with van der Waals surface area (Å²) in [6.45, 7) is 2.66. The van der Waals surface area contributed by atoms with Crippen LogP contribution >= 0.6 is 0 Å². The van der Waals surface area contributed by atoms with Crippen LogP contribution in [-0.2, 0) is 9.63 Å². The van der Waals surface area contributed by atoms with Crippen molar-refractivity contribution in [3.8, 4) is 0 Å². The Hall–Kier alpha value is -0.610. The Morgan fingerprint density at radius 2 is 2.25 bits per heavy atom. The highest BCUT2D eigenvalue weighted by atomic mass is 16.7. The molecule has 0 saturated carbocycles. The molecule has 0 fully saturated rings. The molecule has 0 aromatic heterocycles. The minimum atomic E-state index is -0.00204. The van der Waals surface area contributed by atoms with Crippen molar-refractivity contribution in [2.75, 3.05) is 20.7 Å². The summed E-state index contributed by atoms with van der Waals surface area (Å²) in [4.78, 5) is 15.9. The molecule has 0 saturated heterocycles. The SMILES string of the molecule is CON(C)C(=O)CCC(C)CN. The van der Waals surface area contributed by atoms with Crippen LogP contribution < -0.4 is 5.73 Å². The molecular formula is C8H18N2O2. The third-order valence-corrected chi connectivity index (χ3v) is 1.88. The van der Waals surface area contributed by atoms with Crippen molar-refractivity contribution >= 4 is 5.91 Å². The fraction of sp³-hybridized carbons (Fsp3) is 0.875. The highest BCUT2D eigenvalue weighted by molar-refractivity contribution is 5.74. The predicted molar refractivity (Wildman–Crippen MR) is 47.2 cm³/mol. The van der Waals surface area contributed by atoms with E-state index in [0.717, 1.165) is 6.42 Å². The van der Waals surface area contributed by atoms with Crippen molar-refractivity contribution in [1.82, 2.24) is 5.06 Å². The van der Waals surface area contributed by atoms with Crippen molar-refractivity contribution in [3.63, 3.8) is 0 Å². The third-order valence-electron chi connectivity index (χ3n) is 1.88. The molecule has 12 heavy (non-hydrogen) atoms. The lowest BCUT2D eigenvalue weighted by atomic mass is 10.1. The second-order valence-electron chi connectivity index (χ2n) is 2.95. The number of rotatable bonds is 5. The van der Waals surface area contributed by atoms with E-state index in [0.29, 0.717) is 18.9 Å². The summed E-state index contributed by atoms with van der Waals surface area (Å²) >= 11 is 0. The Bertz CT molecular complexity index is 139. The van der Waals surface area contributed by atoms with Gasteiger partial charge in [-0.05, 0) is 18.9 Å². The van der Waals surface area contributed by atoms with Gasteiger partial charge in [-0.3, -0.25) is 9.63 Å². The minimum Gasteiger partial charge on any atom is -0.330 e. The Morgan fingerprint density at radius 1 is 1.67 bits per heavy atom. The number of amides is 1. The average molecular weight is 174 g/mol. The monoisotopic (exact) mass is 174 g/mol. The molecule has 0 bridgehead atoms. The summed E-state index contributed by atoms with van der Waals surface area (Å²) in [6, 6.07) is 0. The molecule has 0 aliphatic carbocycles. The van der Waals surface area contributed by atoms with Crippen LogP contribution in [0.3, 0.4) is 0 Å². The number of carbonyl (C=O) groups is 1. The average Bonchev–Trinajstić information content (AvgIpc) is 2.11. The van der Waals surface area contributed by atoms with Gasteiger partial charge in [0.25, 0.3) is 0 Å². The van der Waals surface area contributed by atoms with Gasteiger partial charge < -0.3 is 5.73 Å². The molecule has 0 radical (unpaired) electrons. The van der Waals surface area contributed by atoms with Crippen LogP contribution in [0.15, 0.2) is 0 Å². The molecule has 0 aliphatic heterocycles. The lowest BCUT2D eigenvalue weighted by Gasteiger charge is -2.14. The second kappa shape index (κ2) is 5.97. The van der Waals surface area contributed by atoms with Gasteiger partial charge in [0, 0.05) is 13.5 Å². The highest BCUT2D eigenvalue weighted by Gasteiger charge is 2.09. The molecule has 1 unspecified atom stereocenters. The molecule has 0 spiro atoms. The van der Waals surface area contributed by atoms with E-state index < -0.39 is 0 Å². The number of hydrogen-bond acceptors (Lipinski definition) is 3. The zero-order chi connectivity index (χ0) is 9.56. The number of hydrogen-bond donors (Lipinski definition) is 1. The maximum Gasteiger partial charge on any atom is 0.245 e. The number of nitrogens with two attached hydrogens (primary N) is 1. The molecule has 2 N–H and O–H groups in total. The zero-order valence-corrected chi connectivity index (χ0v) is 8.04. The largest absolute Gasteiger partial charge is 0.330 e. The molecule has 0 rings (SSSR count). The first-order chi connectivity index (χ1) is 5.61. The van der Waals surface area contributed by atoms with Crippen LogP contribution in [0.1, 0.15) is 19.8 Å². The smallest absolute Gasteiger partial charge is 0.245 e. The first kappa shape index (κ1) is 11.4. The van der Waals surface area contributed by atoms with Gasteiger partial charge in [-0.1, -0.05) is 6.92 Å². The Balaban J connectivity index is 3.56. The normalized spacial score (nSPS) is 12.7. The number of carbonyl (C=O) groups excluding carboxylic acids is 1. The van der Waals surface area contributed by atoms with E-state index in [9.17, 15) is 4.79 Å². The molecule has 1 atom stereocenters. The summed E-state index contributed by atoms with van der Waals surface area (Å²) < 4.78 is 0. The van der Waals surface area contributed by atoms with Crippen LogP contribution in [0, 0.1) is 5.92 Å². The van der Waals surface area contributed by atoms with E-state index in [1.807, 2.05) is 6.92 Å². The number of hydroxylamine groups is 2. The van der Waals surface area contributed by atoms with E-state index >= 15 is 0 Å². The zero-order valence-electron chi connectivity index (χ0n) is 8.04. The van der Waals surface area contributed by atoms with E-state index in [4.69, 9.17) is 10.6 Å². The maximum absolute atomic E-state index is 11.2. The molecule has 4 heteroatoms. The highest BCUT2D eigenvalue weighted by Crippen LogP contribution is 2.04. The molecular weight excluding hydrogens is 156 g/mol. The van der Waals surface area contributed by atoms with E-state index in [2.05, 4.69) is 0 Å². The van der Waals surface area contributed by atoms with Crippen molar-refractivity contribution < 1.29 is 9.63 Å². The summed E-state index contributed by atoms with van der Waals surface area (Å²) in [5.41, 5.74) is 5.41. The standard InChI is InChI=1S/C8H18N2O2/c1-7(6-9)4-5-8(11)10(2)12-3/h7H,4-6,9H2,1-3H3. The number of nitrogens with zero attached hydrogens (tertiary/aromatic N) is 1. The van der Waals surface area contributed by atoms with E-state index in [1.165, 1.54) is 12.2 Å². The van der Waals surface area contributed by atoms with Gasteiger partial charge in [-0.25, -0.2) is 5.06 Å². The van der Waals surface area contributed by atoms with Gasteiger partial charge in [0.15, 0.2) is 0 Å². The van der Waals surface area contributed by atoms with Crippen molar-refractivity contribution in [2.45, 2.75) is 19.8 Å². The molecule has 4 nitrogen and oxygen atoms in total. The Kier molecular flexibility index (Phi) is 5.66. The first-order valence-corrected chi connectivity index (χ1v) is 4.12. The lowest BCUT2D eigenvalue weighted by Crippen LogP contribution is -2.26. The van der Waals surface area contributed by atoms with Gasteiger partial charge in [0.1, 0.15) is 0 Å². The summed E-state index contributed by atoms with van der Waals surface area (Å²) in [7, 11) is 3.08. The molecule has 72 valence electrons. The first-order valence-electron chi connectivity index (χ1n) is 4.12. The third kappa shape index (κ3) is 4.31. The van der Waals surface area contributed by atoms with Crippen LogP contribution in [0.2, 0.25) is 0 Å². The van der Waals surface area contributed by atoms with Crippen molar-refractivity contribution in [2.24, 2.45) is 11.7 Å². The molecule has 0 aromatic carbocycles. The topological polar surface area (TPSA) is 55.6 Å². The fourth-order valence-electron chi connectivity index (χ4n) is 0.747. The summed E-state index contributed by atoms with van der Waals surface area (Å²) in [5.74, 6) is 0.400. The fourth-order valence-corrected chi connectivity index (χ4v) is 0.747. The maximum atomic E-state index is 11.2. The van der Waals surface area contributed by atoms with Gasteiger partial charge in [0.2, 0.25) is 5.91 Å². The summed E-state index contributed by atoms with van der Waals surface area (Å²) in [6.07, 6.45) is 1.33. The Morgan fingerprint density at radius 3 is 2.67 bits per heavy atom. The molecule has 0 aliphatic rings. The molecule has 1 amide bonds. The van der Waals surface area contributed by atoms with Gasteiger partial charge >= 0.3 is 0 Å². The van der Waals surface area contributed by atoms with Crippen LogP contribution in [0.4, 0.5) is 0 Å². The lowest BCUT2D eigenvalue weighted by molar-refractivity contribution is -0.168.